The topological polar surface area (TPSA) is 42.9 Å². The van der Waals surface area contributed by atoms with E-state index in [9.17, 15) is 4.79 Å². The van der Waals surface area contributed by atoms with Crippen LogP contribution in [0, 0.1) is 13.8 Å². The predicted octanol–water partition coefficient (Wildman–Crippen LogP) is 3.77. The quantitative estimate of drug-likeness (QED) is 0.631. The maximum Gasteiger partial charge on any atom is 0.145 e. The maximum atomic E-state index is 11.7. The minimum atomic E-state index is -0.0484. The van der Waals surface area contributed by atoms with E-state index in [0.29, 0.717) is 6.42 Å². The number of hydrogen-bond donors (Lipinski definition) is 0. The Labute approximate surface area is 115 Å². The van der Waals surface area contributed by atoms with Crippen molar-refractivity contribution in [2.24, 2.45) is 0 Å². The van der Waals surface area contributed by atoms with Gasteiger partial charge in [0.1, 0.15) is 22.0 Å². The first kappa shape index (κ1) is 13.5. The molecule has 0 N–H and O–H groups in total. The molecule has 0 fully saturated rings. The fourth-order valence-corrected chi connectivity index (χ4v) is 3.93. The molecular formula is C13H16N2OS2. The molecule has 0 amide bonds. The summed E-state index contributed by atoms with van der Waals surface area (Å²) in [4.78, 5) is 22.6. The van der Waals surface area contributed by atoms with Crippen LogP contribution in [0.1, 0.15) is 30.7 Å². The molecule has 2 aromatic heterocycles. The molecule has 2 aromatic rings. The van der Waals surface area contributed by atoms with Crippen LogP contribution in [0.3, 0.4) is 0 Å². The van der Waals surface area contributed by atoms with E-state index >= 15 is 0 Å². The number of rotatable bonds is 4. The number of thiophene rings is 1. The predicted molar refractivity (Wildman–Crippen MR) is 77.5 cm³/mol. The summed E-state index contributed by atoms with van der Waals surface area (Å²) in [6.07, 6.45) is 2.16. The number of hydrogen-bond acceptors (Lipinski definition) is 5. The van der Waals surface area contributed by atoms with Crippen molar-refractivity contribution >= 4 is 39.1 Å². The molecule has 0 spiro atoms. The highest BCUT2D eigenvalue weighted by Crippen LogP contribution is 2.36. The first-order chi connectivity index (χ1) is 8.54. The fourth-order valence-electron chi connectivity index (χ4n) is 1.76. The van der Waals surface area contributed by atoms with Crippen LogP contribution in [0.4, 0.5) is 0 Å². The van der Waals surface area contributed by atoms with Crippen LogP contribution in [0.15, 0.2) is 11.4 Å². The molecule has 1 unspecified atom stereocenters. The molecule has 0 aromatic carbocycles. The van der Waals surface area contributed by atoms with Crippen LogP contribution in [0.25, 0.3) is 10.2 Å². The van der Waals surface area contributed by atoms with Crippen molar-refractivity contribution < 1.29 is 4.79 Å². The second kappa shape index (κ2) is 5.36. The number of aromatic nitrogens is 2. The van der Waals surface area contributed by atoms with Gasteiger partial charge in [0.05, 0.1) is 5.25 Å². The summed E-state index contributed by atoms with van der Waals surface area (Å²) in [6.45, 7) is 8.03. The lowest BCUT2D eigenvalue weighted by Crippen LogP contribution is -2.11. The van der Waals surface area contributed by atoms with Gasteiger partial charge in [0.15, 0.2) is 0 Å². The number of carbonyl (C=O) groups excluding carboxylic acids is 1. The minimum Gasteiger partial charge on any atom is -0.298 e. The van der Waals surface area contributed by atoms with Gasteiger partial charge < -0.3 is 0 Å². The first-order valence-corrected chi connectivity index (χ1v) is 7.64. The lowest BCUT2D eigenvalue weighted by molar-refractivity contribution is -0.117. The van der Waals surface area contributed by atoms with Crippen LogP contribution in [-0.2, 0) is 4.79 Å². The molecule has 0 saturated carbocycles. The normalized spacial score (nSPS) is 12.9. The molecule has 0 saturated heterocycles. The average molecular weight is 280 g/mol. The summed E-state index contributed by atoms with van der Waals surface area (Å²) in [7, 11) is 0. The first-order valence-electron chi connectivity index (χ1n) is 5.94. The average Bonchev–Trinajstić information content (AvgIpc) is 2.65. The number of ketones is 1. The van der Waals surface area contributed by atoms with Crippen molar-refractivity contribution in [2.75, 3.05) is 0 Å². The van der Waals surface area contributed by atoms with Gasteiger partial charge in [-0.25, -0.2) is 9.97 Å². The molecule has 0 radical (unpaired) electrons. The number of carbonyl (C=O) groups is 1. The van der Waals surface area contributed by atoms with E-state index in [1.165, 1.54) is 22.2 Å². The maximum absolute atomic E-state index is 11.7. The van der Waals surface area contributed by atoms with Gasteiger partial charge in [-0.2, -0.15) is 0 Å². The third-order valence-corrected chi connectivity index (χ3v) is 5.29. The molecular weight excluding hydrogens is 264 g/mol. The second-order valence-corrected chi connectivity index (χ2v) is 6.75. The van der Waals surface area contributed by atoms with E-state index in [-0.39, 0.29) is 11.0 Å². The number of aryl methyl sites for hydroxylation is 2. The SMILES string of the molecule is CCC(=O)C(C)Sc1ncnc2sc(C)c(C)c12. The Morgan fingerprint density at radius 1 is 1.44 bits per heavy atom. The molecule has 18 heavy (non-hydrogen) atoms. The van der Waals surface area contributed by atoms with E-state index in [1.807, 2.05) is 13.8 Å². The smallest absolute Gasteiger partial charge is 0.145 e. The van der Waals surface area contributed by atoms with Crippen molar-refractivity contribution in [3.8, 4) is 0 Å². The molecule has 0 bridgehead atoms. The molecule has 0 aliphatic heterocycles. The highest BCUT2D eigenvalue weighted by atomic mass is 32.2. The van der Waals surface area contributed by atoms with Crippen LogP contribution < -0.4 is 0 Å². The Balaban J connectivity index is 2.42. The van der Waals surface area contributed by atoms with Gasteiger partial charge in [0.25, 0.3) is 0 Å². The zero-order valence-electron chi connectivity index (χ0n) is 11.0. The van der Waals surface area contributed by atoms with E-state index in [4.69, 9.17) is 0 Å². The largest absolute Gasteiger partial charge is 0.298 e. The van der Waals surface area contributed by atoms with Gasteiger partial charge in [0.2, 0.25) is 0 Å². The second-order valence-electron chi connectivity index (χ2n) is 4.22. The van der Waals surface area contributed by atoms with E-state index in [0.717, 1.165) is 15.2 Å². The van der Waals surface area contributed by atoms with Gasteiger partial charge in [-0.1, -0.05) is 18.7 Å². The third kappa shape index (κ3) is 2.42. The number of fused-ring (bicyclic) bond motifs is 1. The van der Waals surface area contributed by atoms with Crippen LogP contribution in [-0.4, -0.2) is 21.0 Å². The molecule has 2 rings (SSSR count). The highest BCUT2D eigenvalue weighted by molar-refractivity contribution is 8.00. The van der Waals surface area contributed by atoms with Gasteiger partial charge in [-0.3, -0.25) is 4.79 Å². The van der Waals surface area contributed by atoms with Gasteiger partial charge >= 0.3 is 0 Å². The summed E-state index contributed by atoms with van der Waals surface area (Å²) in [6, 6.07) is 0. The highest BCUT2D eigenvalue weighted by Gasteiger charge is 2.17. The Morgan fingerprint density at radius 2 is 2.17 bits per heavy atom. The molecule has 96 valence electrons. The Morgan fingerprint density at radius 3 is 2.83 bits per heavy atom. The zero-order valence-corrected chi connectivity index (χ0v) is 12.6. The molecule has 0 aliphatic carbocycles. The lowest BCUT2D eigenvalue weighted by atomic mass is 10.2. The van der Waals surface area contributed by atoms with Crippen molar-refractivity contribution in [1.82, 2.24) is 9.97 Å². The fraction of sp³-hybridized carbons (Fsp3) is 0.462. The van der Waals surface area contributed by atoms with Crippen molar-refractivity contribution in [3.05, 3.63) is 16.8 Å². The molecule has 0 aliphatic rings. The monoisotopic (exact) mass is 280 g/mol. The molecule has 1 atom stereocenters. The number of nitrogens with zero attached hydrogens (tertiary/aromatic N) is 2. The standard InChI is InChI=1S/C13H16N2OS2/c1-5-10(16)9(4)18-13-11-7(2)8(3)17-12(11)14-6-15-13/h6,9H,5H2,1-4H3. The Kier molecular flexibility index (Phi) is 4.02. The minimum absolute atomic E-state index is 0.0484. The lowest BCUT2D eigenvalue weighted by Gasteiger charge is -2.09. The van der Waals surface area contributed by atoms with Crippen LogP contribution in [0.5, 0.6) is 0 Å². The summed E-state index contributed by atoms with van der Waals surface area (Å²) in [5.74, 6) is 0.261. The summed E-state index contributed by atoms with van der Waals surface area (Å²) in [5.41, 5.74) is 1.23. The summed E-state index contributed by atoms with van der Waals surface area (Å²) < 4.78 is 0. The summed E-state index contributed by atoms with van der Waals surface area (Å²) >= 11 is 3.22. The molecule has 2 heterocycles. The van der Waals surface area contributed by atoms with E-state index < -0.39 is 0 Å². The van der Waals surface area contributed by atoms with Crippen molar-refractivity contribution in [2.45, 2.75) is 44.4 Å². The van der Waals surface area contributed by atoms with Gasteiger partial charge in [-0.05, 0) is 26.3 Å². The Hall–Kier alpha value is -0.940. The third-order valence-electron chi connectivity index (χ3n) is 3.02. The molecule has 3 nitrogen and oxygen atoms in total. The van der Waals surface area contributed by atoms with Gasteiger partial charge in [-0.15, -0.1) is 11.3 Å². The van der Waals surface area contributed by atoms with Crippen molar-refractivity contribution in [3.63, 3.8) is 0 Å². The number of thioether (sulfide) groups is 1. The zero-order chi connectivity index (χ0) is 13.3. The van der Waals surface area contributed by atoms with Crippen LogP contribution in [0.2, 0.25) is 0 Å². The van der Waals surface area contributed by atoms with E-state index in [1.54, 1.807) is 17.7 Å². The van der Waals surface area contributed by atoms with Crippen LogP contribution >= 0.6 is 23.1 Å². The van der Waals surface area contributed by atoms with E-state index in [2.05, 4.69) is 23.8 Å². The van der Waals surface area contributed by atoms with Crippen molar-refractivity contribution in [1.29, 1.82) is 0 Å². The molecule has 5 heteroatoms. The number of Topliss-reactive ketones (excluding diaryl/α,β-unsaturated/α-hetero) is 1. The van der Waals surface area contributed by atoms with Gasteiger partial charge in [0, 0.05) is 16.7 Å². The Bertz CT molecular complexity index is 592. The summed E-state index contributed by atoms with van der Waals surface area (Å²) in [5, 5.41) is 1.99.